The fourth-order valence-corrected chi connectivity index (χ4v) is 5.06. The van der Waals surface area contributed by atoms with Crippen molar-refractivity contribution in [2.24, 2.45) is 5.92 Å². The summed E-state index contributed by atoms with van der Waals surface area (Å²) < 4.78 is 11.1. The first-order valence-corrected chi connectivity index (χ1v) is 11.9. The molecule has 3 atom stereocenters. The highest BCUT2D eigenvalue weighted by Crippen LogP contribution is 2.44. The van der Waals surface area contributed by atoms with E-state index in [1.807, 2.05) is 18.2 Å². The van der Waals surface area contributed by atoms with Crippen molar-refractivity contribution in [1.82, 2.24) is 5.32 Å². The van der Waals surface area contributed by atoms with Crippen LogP contribution in [-0.2, 0) is 4.79 Å². The number of hydrogen-bond acceptors (Lipinski definition) is 6. The lowest BCUT2D eigenvalue weighted by Gasteiger charge is -2.45. The molecule has 0 spiro atoms. The number of hydrogen-bond donors (Lipinski definition) is 2. The molecule has 0 bridgehead atoms. The van der Waals surface area contributed by atoms with Gasteiger partial charge in [-0.3, -0.25) is 0 Å². The van der Waals surface area contributed by atoms with Crippen LogP contribution in [0, 0.1) is 5.92 Å². The number of rotatable bonds is 6. The van der Waals surface area contributed by atoms with Gasteiger partial charge < -0.3 is 25.0 Å². The van der Waals surface area contributed by atoms with E-state index < -0.39 is 10.8 Å². The number of nitrogens with zero attached hydrogens (tertiary/aromatic N) is 1. The fraction of sp³-hybridized carbons (Fsp3) is 0.458. The molecule has 2 aliphatic rings. The van der Waals surface area contributed by atoms with Gasteiger partial charge in [0.2, 0.25) is 4.84 Å². The van der Waals surface area contributed by atoms with E-state index in [4.69, 9.17) is 32.7 Å². The second-order valence-corrected chi connectivity index (χ2v) is 9.36. The lowest BCUT2D eigenvalue weighted by atomic mass is 9.77. The van der Waals surface area contributed by atoms with Crippen LogP contribution >= 0.6 is 23.2 Å². The van der Waals surface area contributed by atoms with Gasteiger partial charge in [0.25, 0.3) is 0 Å². The molecule has 2 heterocycles. The number of nitrogens with one attached hydrogen (secondary N) is 2. The molecule has 2 aromatic carbocycles. The van der Waals surface area contributed by atoms with E-state index in [0.717, 1.165) is 55.3 Å². The third-order valence-electron chi connectivity index (χ3n) is 6.52. The number of anilines is 2. The van der Waals surface area contributed by atoms with E-state index in [2.05, 4.69) is 40.7 Å². The maximum absolute atomic E-state index is 12.0. The van der Waals surface area contributed by atoms with Gasteiger partial charge in [-0.2, -0.15) is 0 Å². The Morgan fingerprint density at radius 3 is 2.69 bits per heavy atom. The van der Waals surface area contributed by atoms with E-state index in [1.165, 1.54) is 0 Å². The molecule has 8 heteroatoms. The largest absolute Gasteiger partial charge is 0.495 e. The molecule has 4 rings (SSSR count). The molecule has 3 unspecified atom stereocenters. The number of methoxy groups -OCH3 is 1. The van der Waals surface area contributed by atoms with Crippen molar-refractivity contribution in [3.05, 3.63) is 48.0 Å². The minimum absolute atomic E-state index is 0.289. The first kappa shape index (κ1) is 23.0. The first-order chi connectivity index (χ1) is 15.5. The van der Waals surface area contributed by atoms with Gasteiger partial charge in [0, 0.05) is 32.2 Å². The van der Waals surface area contributed by atoms with Crippen LogP contribution in [-0.4, -0.2) is 50.1 Å². The van der Waals surface area contributed by atoms with Gasteiger partial charge in [-0.25, -0.2) is 4.79 Å². The van der Waals surface area contributed by atoms with Crippen LogP contribution in [0.15, 0.2) is 42.5 Å². The van der Waals surface area contributed by atoms with E-state index in [0.29, 0.717) is 17.6 Å². The van der Waals surface area contributed by atoms with Gasteiger partial charge >= 0.3 is 5.97 Å². The minimum atomic E-state index is -1.22. The first-order valence-electron chi connectivity index (χ1n) is 11.0. The predicted molar refractivity (Wildman–Crippen MR) is 130 cm³/mol. The average Bonchev–Trinajstić information content (AvgIpc) is 2.83. The second kappa shape index (κ2) is 10.2. The quantitative estimate of drug-likeness (QED) is 0.364. The molecular weight excluding hydrogens is 449 g/mol. The maximum Gasteiger partial charge on any atom is 0.344 e. The Morgan fingerprint density at radius 2 is 1.91 bits per heavy atom. The van der Waals surface area contributed by atoms with Crippen LogP contribution in [0.3, 0.4) is 0 Å². The fourth-order valence-electron chi connectivity index (χ4n) is 4.97. The molecule has 0 aromatic heterocycles. The Hall–Kier alpha value is -2.15. The van der Waals surface area contributed by atoms with Gasteiger partial charge in [-0.05, 0) is 42.0 Å². The number of benzene rings is 2. The zero-order chi connectivity index (χ0) is 22.7. The van der Waals surface area contributed by atoms with Crippen molar-refractivity contribution in [3.8, 4) is 11.5 Å². The number of carbonyl (C=O) groups excluding carboxylic acids is 1. The third-order valence-corrected chi connectivity index (χ3v) is 6.88. The number of alkyl halides is 2. The van der Waals surface area contributed by atoms with E-state index in [9.17, 15) is 4.79 Å². The van der Waals surface area contributed by atoms with Gasteiger partial charge in [-0.1, -0.05) is 54.4 Å². The zero-order valence-electron chi connectivity index (χ0n) is 18.3. The summed E-state index contributed by atoms with van der Waals surface area (Å²) in [5.41, 5.74) is 3.13. The van der Waals surface area contributed by atoms with Gasteiger partial charge in [0.15, 0.2) is 5.75 Å². The number of para-hydroxylation sites is 3. The number of piperazine rings is 1. The SMILES string of the molecule is COc1ccccc1N1CCNCC1C(C)C1CCNc2c(OC(=O)C(Cl)Cl)cccc21. The highest BCUT2D eigenvalue weighted by molar-refractivity contribution is 6.53. The summed E-state index contributed by atoms with van der Waals surface area (Å²) >= 11 is 11.4. The van der Waals surface area contributed by atoms with Crippen molar-refractivity contribution >= 4 is 40.5 Å². The summed E-state index contributed by atoms with van der Waals surface area (Å²) in [6, 6.07) is 14.3. The Bertz CT molecular complexity index is 956. The monoisotopic (exact) mass is 477 g/mol. The van der Waals surface area contributed by atoms with Crippen molar-refractivity contribution in [2.75, 3.05) is 43.5 Å². The minimum Gasteiger partial charge on any atom is -0.495 e. The topological polar surface area (TPSA) is 62.8 Å². The highest BCUT2D eigenvalue weighted by Gasteiger charge is 2.36. The maximum atomic E-state index is 12.0. The van der Waals surface area contributed by atoms with Crippen LogP contribution in [0.5, 0.6) is 11.5 Å². The van der Waals surface area contributed by atoms with Crippen LogP contribution in [0.1, 0.15) is 24.8 Å². The van der Waals surface area contributed by atoms with Gasteiger partial charge in [-0.15, -0.1) is 0 Å². The molecule has 0 radical (unpaired) electrons. The Balaban J connectivity index is 1.63. The zero-order valence-corrected chi connectivity index (χ0v) is 19.8. The molecule has 0 saturated carbocycles. The summed E-state index contributed by atoms with van der Waals surface area (Å²) in [7, 11) is 1.72. The summed E-state index contributed by atoms with van der Waals surface area (Å²) in [6.07, 6.45) is 0.996. The van der Waals surface area contributed by atoms with Crippen LogP contribution in [0.4, 0.5) is 11.4 Å². The molecule has 1 saturated heterocycles. The van der Waals surface area contributed by atoms with Crippen molar-refractivity contribution in [3.63, 3.8) is 0 Å². The summed E-state index contributed by atoms with van der Waals surface area (Å²) in [6.45, 7) is 5.86. The van der Waals surface area contributed by atoms with Crippen molar-refractivity contribution in [2.45, 2.75) is 30.1 Å². The summed E-state index contributed by atoms with van der Waals surface area (Å²) in [4.78, 5) is 13.2. The highest BCUT2D eigenvalue weighted by atomic mass is 35.5. The smallest absolute Gasteiger partial charge is 0.344 e. The lowest BCUT2D eigenvalue weighted by Crippen LogP contribution is -2.55. The number of ether oxygens (including phenoxy) is 2. The average molecular weight is 478 g/mol. The number of halogens is 2. The molecule has 0 aliphatic carbocycles. The summed E-state index contributed by atoms with van der Waals surface area (Å²) in [5.74, 6) is 1.34. The number of carbonyl (C=O) groups is 1. The molecule has 2 aliphatic heterocycles. The molecule has 2 aromatic rings. The van der Waals surface area contributed by atoms with Gasteiger partial charge in [0.1, 0.15) is 5.75 Å². The molecule has 172 valence electrons. The van der Waals surface area contributed by atoms with Crippen LogP contribution in [0.25, 0.3) is 0 Å². The standard InChI is InChI=1S/C24H29Cl2N3O3/c1-15(19-14-27-12-13-29(19)18-7-3-4-8-20(18)31-2)16-10-11-28-22-17(16)6-5-9-21(22)32-24(30)23(25)26/h3-9,15-16,19,23,27-28H,10-14H2,1-2H3. The predicted octanol–water partition coefficient (Wildman–Crippen LogP) is 4.42. The van der Waals surface area contributed by atoms with Crippen LogP contribution in [0.2, 0.25) is 0 Å². The molecule has 6 nitrogen and oxygen atoms in total. The molecule has 1 fully saturated rings. The van der Waals surface area contributed by atoms with Crippen molar-refractivity contribution in [1.29, 1.82) is 0 Å². The Kier molecular flexibility index (Phi) is 7.33. The van der Waals surface area contributed by atoms with E-state index in [-0.39, 0.29) is 6.04 Å². The van der Waals surface area contributed by atoms with Gasteiger partial charge in [0.05, 0.1) is 18.5 Å². The number of esters is 1. The second-order valence-electron chi connectivity index (χ2n) is 8.26. The molecule has 32 heavy (non-hydrogen) atoms. The lowest BCUT2D eigenvalue weighted by molar-refractivity contribution is -0.132. The Labute approximate surface area is 199 Å². The van der Waals surface area contributed by atoms with Crippen molar-refractivity contribution < 1.29 is 14.3 Å². The van der Waals surface area contributed by atoms with E-state index >= 15 is 0 Å². The normalized spacial score (nSPS) is 21.5. The number of fused-ring (bicyclic) bond motifs is 1. The molecule has 0 amide bonds. The summed E-state index contributed by atoms with van der Waals surface area (Å²) in [5, 5.41) is 6.98. The Morgan fingerprint density at radius 1 is 1.12 bits per heavy atom. The third kappa shape index (κ3) is 4.63. The molecule has 2 N–H and O–H groups in total. The van der Waals surface area contributed by atoms with Crippen LogP contribution < -0.4 is 25.0 Å². The molecular formula is C24H29Cl2N3O3. The van der Waals surface area contributed by atoms with E-state index in [1.54, 1.807) is 13.2 Å².